The number of rotatable bonds is 4. The summed E-state index contributed by atoms with van der Waals surface area (Å²) in [6, 6.07) is 11.1. The SMILES string of the molecule is Cc1ccc(S(=O)(=O)N/N=C(/Cl)c2c(Cl)cccc2Cl)cc1. The number of halogens is 3. The Bertz CT molecular complexity index is 798. The maximum absolute atomic E-state index is 12.1. The van der Waals surface area contributed by atoms with E-state index < -0.39 is 10.0 Å². The van der Waals surface area contributed by atoms with Gasteiger partial charge in [0.25, 0.3) is 10.0 Å². The summed E-state index contributed by atoms with van der Waals surface area (Å²) in [5.74, 6) is 0. The first-order valence-electron chi connectivity index (χ1n) is 6.07. The molecule has 0 bridgehead atoms. The Labute approximate surface area is 143 Å². The van der Waals surface area contributed by atoms with Crippen molar-refractivity contribution in [2.75, 3.05) is 0 Å². The molecule has 0 heterocycles. The number of hydrazone groups is 1. The minimum atomic E-state index is -3.81. The van der Waals surface area contributed by atoms with Gasteiger partial charge in [0, 0.05) is 0 Å². The Morgan fingerprint density at radius 2 is 1.59 bits per heavy atom. The molecule has 116 valence electrons. The molecule has 2 rings (SSSR count). The van der Waals surface area contributed by atoms with Crippen LogP contribution in [0.3, 0.4) is 0 Å². The third kappa shape index (κ3) is 3.93. The van der Waals surface area contributed by atoms with Crippen LogP contribution in [0.1, 0.15) is 11.1 Å². The number of sulfonamides is 1. The van der Waals surface area contributed by atoms with Gasteiger partial charge in [0.1, 0.15) is 0 Å². The minimum Gasteiger partial charge on any atom is -0.200 e. The molecule has 0 aliphatic carbocycles. The second-order valence-corrected chi connectivity index (χ2v) is 7.24. The maximum Gasteiger partial charge on any atom is 0.276 e. The highest BCUT2D eigenvalue weighted by Gasteiger charge is 2.15. The lowest BCUT2D eigenvalue weighted by atomic mass is 10.2. The van der Waals surface area contributed by atoms with Crippen LogP contribution in [0.25, 0.3) is 0 Å². The summed E-state index contributed by atoms with van der Waals surface area (Å²) in [4.78, 5) is 2.14. The summed E-state index contributed by atoms with van der Waals surface area (Å²) >= 11 is 18.0. The van der Waals surface area contributed by atoms with E-state index in [1.807, 2.05) is 6.92 Å². The number of aryl methyl sites for hydroxylation is 1. The molecule has 0 aliphatic rings. The molecule has 22 heavy (non-hydrogen) atoms. The molecule has 0 aromatic heterocycles. The summed E-state index contributed by atoms with van der Waals surface area (Å²) in [5, 5.41) is 4.06. The van der Waals surface area contributed by atoms with Crippen molar-refractivity contribution in [2.24, 2.45) is 5.10 Å². The second-order valence-electron chi connectivity index (χ2n) is 4.41. The molecule has 4 nitrogen and oxygen atoms in total. The normalized spacial score (nSPS) is 12.3. The second kappa shape index (κ2) is 6.87. The Morgan fingerprint density at radius 1 is 1.05 bits per heavy atom. The number of hydrogen-bond acceptors (Lipinski definition) is 3. The van der Waals surface area contributed by atoms with Gasteiger partial charge in [-0.15, -0.1) is 0 Å². The fourth-order valence-electron chi connectivity index (χ4n) is 1.62. The smallest absolute Gasteiger partial charge is 0.200 e. The van der Waals surface area contributed by atoms with Gasteiger partial charge in [-0.25, -0.2) is 0 Å². The standard InChI is InChI=1S/C14H11Cl3N2O2S/c1-9-5-7-10(8-6-9)22(20,21)19-18-14(17)13-11(15)3-2-4-12(13)16/h2-8,19H,1H3/b18-14+. The highest BCUT2D eigenvalue weighted by Crippen LogP contribution is 2.26. The number of benzene rings is 2. The predicted molar refractivity (Wildman–Crippen MR) is 90.4 cm³/mol. The predicted octanol–water partition coefficient (Wildman–Crippen LogP) is 4.18. The summed E-state index contributed by atoms with van der Waals surface area (Å²) < 4.78 is 24.2. The maximum atomic E-state index is 12.1. The van der Waals surface area contributed by atoms with Crippen LogP contribution in [0, 0.1) is 6.92 Å². The summed E-state index contributed by atoms with van der Waals surface area (Å²) in [6.07, 6.45) is 0. The van der Waals surface area contributed by atoms with E-state index in [1.54, 1.807) is 30.3 Å². The zero-order valence-corrected chi connectivity index (χ0v) is 14.4. The lowest BCUT2D eigenvalue weighted by Gasteiger charge is -2.07. The van der Waals surface area contributed by atoms with E-state index in [0.717, 1.165) is 5.56 Å². The first kappa shape index (κ1) is 17.1. The van der Waals surface area contributed by atoms with Gasteiger partial charge >= 0.3 is 0 Å². The summed E-state index contributed by atoms with van der Waals surface area (Å²) in [5.41, 5.74) is 1.21. The van der Waals surface area contributed by atoms with Crippen LogP contribution in [-0.2, 0) is 10.0 Å². The van der Waals surface area contributed by atoms with Crippen molar-refractivity contribution >= 4 is 50.0 Å². The van der Waals surface area contributed by atoms with Crippen LogP contribution in [0.4, 0.5) is 0 Å². The largest absolute Gasteiger partial charge is 0.276 e. The number of hydrogen-bond donors (Lipinski definition) is 1. The first-order valence-corrected chi connectivity index (χ1v) is 8.69. The van der Waals surface area contributed by atoms with E-state index in [9.17, 15) is 8.42 Å². The molecule has 0 amide bonds. The van der Waals surface area contributed by atoms with Crippen LogP contribution < -0.4 is 4.83 Å². The van der Waals surface area contributed by atoms with E-state index in [1.165, 1.54) is 12.1 Å². The third-order valence-corrected chi connectivity index (χ3v) is 4.89. The molecule has 0 radical (unpaired) electrons. The van der Waals surface area contributed by atoms with E-state index in [-0.39, 0.29) is 25.7 Å². The molecule has 0 saturated heterocycles. The van der Waals surface area contributed by atoms with E-state index >= 15 is 0 Å². The number of nitrogens with zero attached hydrogens (tertiary/aromatic N) is 1. The molecule has 0 unspecified atom stereocenters. The fraction of sp³-hybridized carbons (Fsp3) is 0.0714. The zero-order valence-electron chi connectivity index (χ0n) is 11.3. The van der Waals surface area contributed by atoms with E-state index in [2.05, 4.69) is 9.93 Å². The molecule has 2 aromatic rings. The van der Waals surface area contributed by atoms with Crippen LogP contribution in [0.15, 0.2) is 52.5 Å². The minimum absolute atomic E-state index is 0.0802. The van der Waals surface area contributed by atoms with Crippen molar-refractivity contribution in [2.45, 2.75) is 11.8 Å². The van der Waals surface area contributed by atoms with Crippen LogP contribution in [0.2, 0.25) is 10.0 Å². The highest BCUT2D eigenvalue weighted by atomic mass is 35.5. The average molecular weight is 378 g/mol. The van der Waals surface area contributed by atoms with E-state index in [0.29, 0.717) is 0 Å². The average Bonchev–Trinajstić information content (AvgIpc) is 2.45. The third-order valence-electron chi connectivity index (χ3n) is 2.76. The fourth-order valence-corrected chi connectivity index (χ4v) is 3.40. The zero-order chi connectivity index (χ0) is 16.3. The van der Waals surface area contributed by atoms with Gasteiger partial charge in [0.05, 0.1) is 20.5 Å². The molecular formula is C14H11Cl3N2O2S. The van der Waals surface area contributed by atoms with E-state index in [4.69, 9.17) is 34.8 Å². The quantitative estimate of drug-likeness (QED) is 0.642. The molecule has 0 fully saturated rings. The molecule has 0 aliphatic heterocycles. The van der Waals surface area contributed by atoms with Gasteiger partial charge in [-0.05, 0) is 31.2 Å². The molecule has 2 aromatic carbocycles. The molecule has 0 saturated carbocycles. The number of nitrogens with one attached hydrogen (secondary N) is 1. The monoisotopic (exact) mass is 376 g/mol. The molecule has 0 spiro atoms. The lowest BCUT2D eigenvalue weighted by Crippen LogP contribution is -2.19. The highest BCUT2D eigenvalue weighted by molar-refractivity contribution is 7.89. The van der Waals surface area contributed by atoms with Crippen LogP contribution >= 0.6 is 34.8 Å². The van der Waals surface area contributed by atoms with Gasteiger partial charge < -0.3 is 0 Å². The molecule has 0 atom stereocenters. The molecule has 1 N–H and O–H groups in total. The van der Waals surface area contributed by atoms with Crippen molar-refractivity contribution < 1.29 is 8.42 Å². The Morgan fingerprint density at radius 3 is 2.14 bits per heavy atom. The van der Waals surface area contributed by atoms with Crippen LogP contribution in [0.5, 0.6) is 0 Å². The van der Waals surface area contributed by atoms with Crippen molar-refractivity contribution in [3.8, 4) is 0 Å². The molecule has 8 heteroatoms. The Balaban J connectivity index is 2.29. The van der Waals surface area contributed by atoms with Gasteiger partial charge in [-0.2, -0.15) is 18.4 Å². The van der Waals surface area contributed by atoms with Gasteiger partial charge in [-0.1, -0.05) is 58.6 Å². The van der Waals surface area contributed by atoms with Gasteiger partial charge in [-0.3, -0.25) is 0 Å². The van der Waals surface area contributed by atoms with Crippen molar-refractivity contribution in [3.63, 3.8) is 0 Å². The summed E-state index contributed by atoms with van der Waals surface area (Å²) in [6.45, 7) is 1.86. The van der Waals surface area contributed by atoms with Crippen molar-refractivity contribution in [1.29, 1.82) is 0 Å². The van der Waals surface area contributed by atoms with Gasteiger partial charge in [0.2, 0.25) is 0 Å². The Hall–Kier alpha value is -1.27. The first-order chi connectivity index (χ1) is 10.3. The Kier molecular flexibility index (Phi) is 5.34. The molecular weight excluding hydrogens is 367 g/mol. The summed E-state index contributed by atoms with van der Waals surface area (Å²) in [7, 11) is -3.81. The van der Waals surface area contributed by atoms with Crippen LogP contribution in [-0.4, -0.2) is 13.6 Å². The van der Waals surface area contributed by atoms with Crippen molar-refractivity contribution in [3.05, 3.63) is 63.6 Å². The lowest BCUT2D eigenvalue weighted by molar-refractivity contribution is 0.584. The van der Waals surface area contributed by atoms with Gasteiger partial charge in [0.15, 0.2) is 5.17 Å². The topological polar surface area (TPSA) is 58.5 Å². The van der Waals surface area contributed by atoms with Crippen molar-refractivity contribution in [1.82, 2.24) is 4.83 Å².